The molecule has 0 radical (unpaired) electrons. The minimum atomic E-state index is -4.00. The third-order valence-electron chi connectivity index (χ3n) is 4.12. The number of sulfonamides is 1. The largest absolute Gasteiger partial charge is 0.338 e. The average Bonchev–Trinajstić information content (AvgIpc) is 3.37. The van der Waals surface area contributed by atoms with E-state index >= 15 is 0 Å². The molecule has 1 aliphatic rings. The van der Waals surface area contributed by atoms with Crippen LogP contribution in [0.2, 0.25) is 0 Å². The molecule has 0 saturated heterocycles. The van der Waals surface area contributed by atoms with Gasteiger partial charge in [-0.1, -0.05) is 13.8 Å². The minimum absolute atomic E-state index is 0.101. The Hall–Kier alpha value is -1.98. The molecule has 0 unspecified atom stereocenters. The van der Waals surface area contributed by atoms with Crippen LogP contribution in [0.15, 0.2) is 23.1 Å². The molecule has 6 nitrogen and oxygen atoms in total. The summed E-state index contributed by atoms with van der Waals surface area (Å²) in [6.45, 7) is 4.76. The normalized spacial score (nSPS) is 14.3. The standard InChI is InChI=1S/C18H24FN3O3S/c1-13(2)8-11-22(10-3-9-20)18(23)14-4-7-16(19)17(12-14)26(24,25)21-15-5-6-15/h4,7,12-13,15,21H,3,5-6,8,10-11H2,1-2H3. The fraction of sp³-hybridized carbons (Fsp3) is 0.556. The molecule has 1 aliphatic carbocycles. The second-order valence-electron chi connectivity index (χ2n) is 6.92. The highest BCUT2D eigenvalue weighted by Crippen LogP contribution is 2.24. The van der Waals surface area contributed by atoms with Crippen LogP contribution in [0, 0.1) is 23.1 Å². The van der Waals surface area contributed by atoms with E-state index in [9.17, 15) is 17.6 Å². The van der Waals surface area contributed by atoms with Gasteiger partial charge < -0.3 is 4.90 Å². The lowest BCUT2D eigenvalue weighted by Gasteiger charge is -2.23. The van der Waals surface area contributed by atoms with Gasteiger partial charge in [0.25, 0.3) is 5.91 Å². The number of amides is 1. The van der Waals surface area contributed by atoms with Crippen LogP contribution >= 0.6 is 0 Å². The van der Waals surface area contributed by atoms with Crippen LogP contribution in [0.1, 0.15) is 49.9 Å². The van der Waals surface area contributed by atoms with Gasteiger partial charge in [0, 0.05) is 24.7 Å². The maximum absolute atomic E-state index is 14.1. The molecule has 0 spiro atoms. The molecule has 1 N–H and O–H groups in total. The molecular weight excluding hydrogens is 357 g/mol. The Labute approximate surface area is 154 Å². The summed E-state index contributed by atoms with van der Waals surface area (Å²) in [5.41, 5.74) is 0.101. The van der Waals surface area contributed by atoms with E-state index in [-0.39, 0.29) is 24.6 Å². The van der Waals surface area contributed by atoms with E-state index in [1.165, 1.54) is 11.0 Å². The number of halogens is 1. The van der Waals surface area contributed by atoms with Crippen molar-refractivity contribution in [1.29, 1.82) is 5.26 Å². The molecule has 1 aromatic carbocycles. The first-order valence-corrected chi connectivity index (χ1v) is 10.2. The van der Waals surface area contributed by atoms with Gasteiger partial charge in [-0.25, -0.2) is 17.5 Å². The molecule has 1 fully saturated rings. The van der Waals surface area contributed by atoms with Crippen LogP contribution in [0.25, 0.3) is 0 Å². The van der Waals surface area contributed by atoms with Gasteiger partial charge >= 0.3 is 0 Å². The summed E-state index contributed by atoms with van der Waals surface area (Å²) in [5.74, 6) is -0.913. The van der Waals surface area contributed by atoms with Crippen molar-refractivity contribution < 1.29 is 17.6 Å². The van der Waals surface area contributed by atoms with E-state index in [2.05, 4.69) is 4.72 Å². The van der Waals surface area contributed by atoms with Crippen molar-refractivity contribution in [3.05, 3.63) is 29.6 Å². The number of hydrogen-bond acceptors (Lipinski definition) is 4. The monoisotopic (exact) mass is 381 g/mol. The van der Waals surface area contributed by atoms with Crippen molar-refractivity contribution in [2.24, 2.45) is 5.92 Å². The molecule has 0 aliphatic heterocycles. The van der Waals surface area contributed by atoms with E-state index in [1.54, 1.807) is 0 Å². The molecule has 1 saturated carbocycles. The number of rotatable bonds is 9. The number of benzene rings is 1. The topological polar surface area (TPSA) is 90.3 Å². The van der Waals surface area contributed by atoms with Gasteiger partial charge in [0.1, 0.15) is 10.7 Å². The Morgan fingerprint density at radius 3 is 2.65 bits per heavy atom. The average molecular weight is 381 g/mol. The zero-order valence-corrected chi connectivity index (χ0v) is 15.9. The summed E-state index contributed by atoms with van der Waals surface area (Å²) in [7, 11) is -4.00. The molecule has 8 heteroatoms. The Kier molecular flexibility index (Phi) is 6.73. The molecule has 2 rings (SSSR count). The maximum Gasteiger partial charge on any atom is 0.253 e. The van der Waals surface area contributed by atoms with E-state index in [4.69, 9.17) is 5.26 Å². The van der Waals surface area contributed by atoms with E-state index in [1.807, 2.05) is 19.9 Å². The first-order chi connectivity index (χ1) is 12.2. The maximum atomic E-state index is 14.1. The van der Waals surface area contributed by atoms with Crippen molar-refractivity contribution >= 4 is 15.9 Å². The van der Waals surface area contributed by atoms with E-state index in [0.29, 0.717) is 12.5 Å². The zero-order valence-electron chi connectivity index (χ0n) is 15.0. The fourth-order valence-electron chi connectivity index (χ4n) is 2.42. The van der Waals surface area contributed by atoms with Crippen molar-refractivity contribution in [2.75, 3.05) is 13.1 Å². The van der Waals surface area contributed by atoms with Crippen molar-refractivity contribution in [3.63, 3.8) is 0 Å². The first-order valence-electron chi connectivity index (χ1n) is 8.72. The lowest BCUT2D eigenvalue weighted by molar-refractivity contribution is 0.0751. The highest BCUT2D eigenvalue weighted by Gasteiger charge is 2.30. The number of nitrogens with zero attached hydrogens (tertiary/aromatic N) is 2. The smallest absolute Gasteiger partial charge is 0.253 e. The number of hydrogen-bond donors (Lipinski definition) is 1. The quantitative estimate of drug-likeness (QED) is 0.712. The van der Waals surface area contributed by atoms with Crippen LogP contribution in [-0.2, 0) is 10.0 Å². The number of nitrogens with one attached hydrogen (secondary N) is 1. The van der Waals surface area contributed by atoms with Crippen molar-refractivity contribution in [2.45, 2.75) is 50.5 Å². The second kappa shape index (κ2) is 8.60. The highest BCUT2D eigenvalue weighted by atomic mass is 32.2. The Morgan fingerprint density at radius 2 is 2.08 bits per heavy atom. The van der Waals surface area contributed by atoms with E-state index < -0.39 is 26.6 Å². The van der Waals surface area contributed by atoms with Gasteiger partial charge in [0.15, 0.2) is 0 Å². The Morgan fingerprint density at radius 1 is 1.38 bits per heavy atom. The number of nitriles is 1. The van der Waals surface area contributed by atoms with Gasteiger partial charge in [0.05, 0.1) is 12.5 Å². The summed E-state index contributed by atoms with van der Waals surface area (Å²) in [5, 5.41) is 8.80. The third-order valence-corrected chi connectivity index (χ3v) is 5.66. The van der Waals surface area contributed by atoms with Crippen LogP contribution in [0.3, 0.4) is 0 Å². The summed E-state index contributed by atoms with van der Waals surface area (Å²) in [6, 6.07) is 5.21. The molecule has 0 bridgehead atoms. The van der Waals surface area contributed by atoms with Gasteiger partial charge in [-0.3, -0.25) is 4.79 Å². The lowest BCUT2D eigenvalue weighted by Crippen LogP contribution is -2.34. The number of carbonyl (C=O) groups excluding carboxylic acids is 1. The molecule has 0 atom stereocenters. The summed E-state index contributed by atoms with van der Waals surface area (Å²) >= 11 is 0. The van der Waals surface area contributed by atoms with Crippen LogP contribution in [0.5, 0.6) is 0 Å². The van der Waals surface area contributed by atoms with Crippen molar-refractivity contribution in [3.8, 4) is 6.07 Å². The summed E-state index contributed by atoms with van der Waals surface area (Å²) in [4.78, 5) is 13.8. The van der Waals surface area contributed by atoms with Gasteiger partial charge in [-0.2, -0.15) is 5.26 Å². The fourth-order valence-corrected chi connectivity index (χ4v) is 3.83. The molecule has 0 heterocycles. The molecular formula is C18H24FN3O3S. The predicted octanol–water partition coefficient (Wildman–Crippen LogP) is 2.67. The zero-order chi connectivity index (χ0) is 19.3. The minimum Gasteiger partial charge on any atom is -0.338 e. The van der Waals surface area contributed by atoms with E-state index in [0.717, 1.165) is 31.4 Å². The van der Waals surface area contributed by atoms with Gasteiger partial charge in [-0.15, -0.1) is 0 Å². The second-order valence-corrected chi connectivity index (χ2v) is 8.61. The van der Waals surface area contributed by atoms with Crippen LogP contribution in [0.4, 0.5) is 4.39 Å². The molecule has 142 valence electrons. The summed E-state index contributed by atoms with van der Waals surface area (Å²) < 4.78 is 41.1. The van der Waals surface area contributed by atoms with Gasteiger partial charge in [0.2, 0.25) is 10.0 Å². The molecule has 1 aromatic rings. The molecule has 26 heavy (non-hydrogen) atoms. The molecule has 1 amide bonds. The molecule has 0 aromatic heterocycles. The Balaban J connectivity index is 2.25. The first kappa shape index (κ1) is 20.3. The summed E-state index contributed by atoms with van der Waals surface area (Å²) in [6.07, 6.45) is 2.40. The lowest BCUT2D eigenvalue weighted by atomic mass is 10.1. The third kappa shape index (κ3) is 5.51. The van der Waals surface area contributed by atoms with Crippen molar-refractivity contribution in [1.82, 2.24) is 9.62 Å². The number of carbonyl (C=O) groups is 1. The predicted molar refractivity (Wildman–Crippen MR) is 95.3 cm³/mol. The van der Waals surface area contributed by atoms with Crippen LogP contribution in [-0.4, -0.2) is 38.4 Å². The van der Waals surface area contributed by atoms with Gasteiger partial charge in [-0.05, 0) is 43.4 Å². The van der Waals surface area contributed by atoms with Crippen LogP contribution < -0.4 is 4.72 Å². The highest BCUT2D eigenvalue weighted by molar-refractivity contribution is 7.89. The Bertz CT molecular complexity index is 798. The SMILES string of the molecule is CC(C)CCN(CCC#N)C(=O)c1ccc(F)c(S(=O)(=O)NC2CC2)c1.